The van der Waals surface area contributed by atoms with Crippen molar-refractivity contribution < 1.29 is 5.11 Å². The molecule has 130 valence electrons. The SMILES string of the molecule is CCC(CC)n1cc(O)c(=O)c2ccc(NC3CCCCC3)cc21. The topological polar surface area (TPSA) is 54.3 Å². The Morgan fingerprint density at radius 1 is 1.21 bits per heavy atom. The van der Waals surface area contributed by atoms with Crippen molar-refractivity contribution in [3.05, 3.63) is 34.6 Å². The minimum atomic E-state index is -0.281. The summed E-state index contributed by atoms with van der Waals surface area (Å²) in [6, 6.07) is 6.70. The minimum Gasteiger partial charge on any atom is -0.503 e. The zero-order valence-electron chi connectivity index (χ0n) is 14.7. The van der Waals surface area contributed by atoms with Crippen LogP contribution in [0.15, 0.2) is 29.2 Å². The first kappa shape index (κ1) is 16.9. The second-order valence-electron chi connectivity index (χ2n) is 6.93. The van der Waals surface area contributed by atoms with Crippen LogP contribution in [0.5, 0.6) is 5.75 Å². The number of aromatic hydroxyl groups is 1. The second kappa shape index (κ2) is 7.29. The first-order chi connectivity index (χ1) is 11.6. The second-order valence-corrected chi connectivity index (χ2v) is 6.93. The number of nitrogens with zero attached hydrogens (tertiary/aromatic N) is 1. The maximum atomic E-state index is 12.3. The Morgan fingerprint density at radius 3 is 2.58 bits per heavy atom. The van der Waals surface area contributed by atoms with Crippen LogP contribution in [0.25, 0.3) is 10.9 Å². The molecule has 0 bridgehead atoms. The molecular weight excluding hydrogens is 300 g/mol. The molecule has 1 aliphatic rings. The number of anilines is 1. The van der Waals surface area contributed by atoms with Gasteiger partial charge >= 0.3 is 0 Å². The van der Waals surface area contributed by atoms with Crippen molar-refractivity contribution in [2.75, 3.05) is 5.32 Å². The number of benzene rings is 1. The van der Waals surface area contributed by atoms with Crippen LogP contribution in [0.4, 0.5) is 5.69 Å². The van der Waals surface area contributed by atoms with Gasteiger partial charge in [-0.15, -0.1) is 0 Å². The molecule has 4 heteroatoms. The van der Waals surface area contributed by atoms with Crippen LogP contribution < -0.4 is 10.7 Å². The molecule has 1 aromatic heterocycles. The van der Waals surface area contributed by atoms with E-state index in [-0.39, 0.29) is 17.2 Å². The van der Waals surface area contributed by atoms with Gasteiger partial charge in [0.05, 0.1) is 11.7 Å². The third-order valence-corrected chi connectivity index (χ3v) is 5.33. The molecule has 4 nitrogen and oxygen atoms in total. The number of nitrogens with one attached hydrogen (secondary N) is 1. The average molecular weight is 328 g/mol. The van der Waals surface area contributed by atoms with Crippen LogP contribution in [-0.4, -0.2) is 15.7 Å². The van der Waals surface area contributed by atoms with Crippen LogP contribution in [0.2, 0.25) is 0 Å². The molecule has 3 rings (SSSR count). The Morgan fingerprint density at radius 2 is 1.92 bits per heavy atom. The van der Waals surface area contributed by atoms with Gasteiger partial charge in [0.25, 0.3) is 0 Å². The van der Waals surface area contributed by atoms with E-state index >= 15 is 0 Å². The van der Waals surface area contributed by atoms with E-state index in [1.165, 1.54) is 32.1 Å². The number of aromatic nitrogens is 1. The Kier molecular flexibility index (Phi) is 5.12. The van der Waals surface area contributed by atoms with Gasteiger partial charge in [0.15, 0.2) is 5.75 Å². The summed E-state index contributed by atoms with van der Waals surface area (Å²) in [6.45, 7) is 4.28. The smallest absolute Gasteiger partial charge is 0.230 e. The van der Waals surface area contributed by atoms with Gasteiger partial charge in [-0.05, 0) is 43.9 Å². The number of hydrogen-bond donors (Lipinski definition) is 2. The van der Waals surface area contributed by atoms with Crippen molar-refractivity contribution in [1.29, 1.82) is 0 Å². The van der Waals surface area contributed by atoms with Crippen molar-refractivity contribution in [3.8, 4) is 5.75 Å². The standard InChI is InChI=1S/C20H28N2O2/c1-3-16(4-2)22-13-19(23)20(24)17-11-10-15(12-18(17)22)21-14-8-6-5-7-9-14/h10-14,16,21,23H,3-9H2,1-2H3. The van der Waals surface area contributed by atoms with E-state index in [4.69, 9.17) is 0 Å². The van der Waals surface area contributed by atoms with Crippen molar-refractivity contribution in [3.63, 3.8) is 0 Å². The van der Waals surface area contributed by atoms with E-state index in [1.807, 2.05) is 12.1 Å². The predicted octanol–water partition coefficient (Wildman–Crippen LogP) is 4.81. The van der Waals surface area contributed by atoms with E-state index in [2.05, 4.69) is 29.8 Å². The molecule has 0 spiro atoms. The highest BCUT2D eigenvalue weighted by Gasteiger charge is 2.16. The van der Waals surface area contributed by atoms with Crippen LogP contribution in [0.3, 0.4) is 0 Å². The molecule has 0 amide bonds. The highest BCUT2D eigenvalue weighted by atomic mass is 16.3. The van der Waals surface area contributed by atoms with Crippen LogP contribution in [0.1, 0.15) is 64.8 Å². The minimum absolute atomic E-state index is 0.164. The molecule has 0 saturated heterocycles. The quantitative estimate of drug-likeness (QED) is 0.828. The molecule has 1 aliphatic carbocycles. The van der Waals surface area contributed by atoms with Crippen LogP contribution in [-0.2, 0) is 0 Å². The summed E-state index contributed by atoms with van der Waals surface area (Å²) in [5.41, 5.74) is 1.70. The van der Waals surface area contributed by atoms with Crippen LogP contribution in [0, 0.1) is 0 Å². The molecule has 0 unspecified atom stereocenters. The third kappa shape index (κ3) is 3.28. The zero-order chi connectivity index (χ0) is 17.1. The highest BCUT2D eigenvalue weighted by Crippen LogP contribution is 2.27. The fraction of sp³-hybridized carbons (Fsp3) is 0.550. The van der Waals surface area contributed by atoms with Crippen molar-refractivity contribution in [2.45, 2.75) is 70.9 Å². The van der Waals surface area contributed by atoms with Gasteiger partial charge in [-0.25, -0.2) is 0 Å². The molecule has 0 aliphatic heterocycles. The summed E-state index contributed by atoms with van der Waals surface area (Å²) in [4.78, 5) is 12.3. The number of fused-ring (bicyclic) bond motifs is 1. The summed E-state index contributed by atoms with van der Waals surface area (Å²) in [5, 5.41) is 14.2. The highest BCUT2D eigenvalue weighted by molar-refractivity contribution is 5.83. The lowest BCUT2D eigenvalue weighted by molar-refractivity contribution is 0.440. The Balaban J connectivity index is 2.04. The predicted molar refractivity (Wildman–Crippen MR) is 100.0 cm³/mol. The molecular formula is C20H28N2O2. The van der Waals surface area contributed by atoms with E-state index in [0.717, 1.165) is 24.0 Å². The molecule has 2 aromatic rings. The van der Waals surface area contributed by atoms with Gasteiger partial charge in [-0.3, -0.25) is 4.79 Å². The summed E-state index contributed by atoms with van der Waals surface area (Å²) in [7, 11) is 0. The van der Waals surface area contributed by atoms with Gasteiger partial charge < -0.3 is 15.0 Å². The molecule has 1 heterocycles. The van der Waals surface area contributed by atoms with Gasteiger partial charge in [0, 0.05) is 23.2 Å². The molecule has 1 aromatic carbocycles. The van der Waals surface area contributed by atoms with Gasteiger partial charge in [-0.2, -0.15) is 0 Å². The zero-order valence-corrected chi connectivity index (χ0v) is 14.7. The monoisotopic (exact) mass is 328 g/mol. The Labute approximate surface area is 143 Å². The van der Waals surface area contributed by atoms with Crippen molar-refractivity contribution >= 4 is 16.6 Å². The number of rotatable bonds is 5. The molecule has 24 heavy (non-hydrogen) atoms. The molecule has 0 radical (unpaired) electrons. The van der Waals surface area contributed by atoms with E-state index in [1.54, 1.807) is 6.20 Å². The lowest BCUT2D eigenvalue weighted by Crippen LogP contribution is -2.22. The summed E-state index contributed by atoms with van der Waals surface area (Å²) >= 11 is 0. The van der Waals surface area contributed by atoms with E-state index in [9.17, 15) is 9.90 Å². The lowest BCUT2D eigenvalue weighted by Gasteiger charge is -2.25. The summed E-state index contributed by atoms with van der Waals surface area (Å²) < 4.78 is 2.07. The Hall–Kier alpha value is -1.97. The molecule has 2 N–H and O–H groups in total. The van der Waals surface area contributed by atoms with Gasteiger partial charge in [0.1, 0.15) is 0 Å². The largest absolute Gasteiger partial charge is 0.503 e. The maximum absolute atomic E-state index is 12.3. The Bertz CT molecular complexity index is 756. The summed E-state index contributed by atoms with van der Waals surface area (Å²) in [6.07, 6.45) is 9.88. The fourth-order valence-electron chi connectivity index (χ4n) is 3.89. The summed E-state index contributed by atoms with van der Waals surface area (Å²) in [5.74, 6) is -0.164. The third-order valence-electron chi connectivity index (χ3n) is 5.33. The number of hydrogen-bond acceptors (Lipinski definition) is 3. The van der Waals surface area contributed by atoms with Crippen molar-refractivity contribution in [2.24, 2.45) is 0 Å². The first-order valence-corrected chi connectivity index (χ1v) is 9.28. The average Bonchev–Trinajstić information content (AvgIpc) is 2.61. The molecule has 1 saturated carbocycles. The maximum Gasteiger partial charge on any atom is 0.230 e. The van der Waals surface area contributed by atoms with E-state index in [0.29, 0.717) is 11.4 Å². The van der Waals surface area contributed by atoms with Crippen molar-refractivity contribution in [1.82, 2.24) is 4.57 Å². The van der Waals surface area contributed by atoms with Crippen LogP contribution >= 0.6 is 0 Å². The fourth-order valence-corrected chi connectivity index (χ4v) is 3.89. The number of pyridine rings is 1. The normalized spacial score (nSPS) is 16.0. The molecule has 1 fully saturated rings. The molecule has 0 atom stereocenters. The van der Waals surface area contributed by atoms with Gasteiger partial charge in [0.2, 0.25) is 5.43 Å². The first-order valence-electron chi connectivity index (χ1n) is 9.28. The van der Waals surface area contributed by atoms with E-state index < -0.39 is 0 Å². The van der Waals surface area contributed by atoms with Gasteiger partial charge in [-0.1, -0.05) is 33.1 Å². The lowest BCUT2D eigenvalue weighted by atomic mass is 9.95.